The summed E-state index contributed by atoms with van der Waals surface area (Å²) >= 11 is 0. The van der Waals surface area contributed by atoms with Gasteiger partial charge in [0.2, 0.25) is 0 Å². The van der Waals surface area contributed by atoms with Gasteiger partial charge >= 0.3 is 0 Å². The van der Waals surface area contributed by atoms with Crippen LogP contribution in [-0.2, 0) is 22.5 Å². The van der Waals surface area contributed by atoms with Crippen molar-refractivity contribution in [2.75, 3.05) is 6.61 Å². The van der Waals surface area contributed by atoms with E-state index in [0.717, 1.165) is 12.8 Å². The molecule has 0 bridgehead atoms. The van der Waals surface area contributed by atoms with Gasteiger partial charge in [0.1, 0.15) is 0 Å². The monoisotopic (exact) mass is 302 g/mol. The van der Waals surface area contributed by atoms with Crippen molar-refractivity contribution < 1.29 is 27.0 Å². The lowest BCUT2D eigenvalue weighted by Gasteiger charge is -2.23. The van der Waals surface area contributed by atoms with Gasteiger partial charge in [-0.25, -0.2) is 17.6 Å². The molecule has 0 aromatic heterocycles. The van der Waals surface area contributed by atoms with E-state index in [0.29, 0.717) is 13.0 Å². The molecule has 114 valence electrons. The van der Waals surface area contributed by atoms with E-state index in [1.165, 1.54) is 0 Å². The highest BCUT2D eigenvalue weighted by Crippen LogP contribution is 2.26. The zero-order valence-electron chi connectivity index (χ0n) is 11.2. The number of rotatable bonds is 4. The third-order valence-electron chi connectivity index (χ3n) is 3.28. The number of halogens is 4. The van der Waals surface area contributed by atoms with Crippen LogP contribution >= 0.6 is 0 Å². The van der Waals surface area contributed by atoms with Gasteiger partial charge in [-0.2, -0.15) is 0 Å². The highest BCUT2D eigenvalue weighted by atomic mass is 19.2. The Bertz CT molecular complexity index is 531. The van der Waals surface area contributed by atoms with Crippen LogP contribution in [0.4, 0.5) is 17.6 Å². The van der Waals surface area contributed by atoms with Crippen molar-refractivity contribution in [1.29, 1.82) is 0 Å². The maximum atomic E-state index is 13.8. The summed E-state index contributed by atoms with van der Waals surface area (Å²) < 4.78 is 65.4. The minimum absolute atomic E-state index is 0.486. The summed E-state index contributed by atoms with van der Waals surface area (Å²) in [7, 11) is 0. The van der Waals surface area contributed by atoms with Gasteiger partial charge in [-0.3, -0.25) is 0 Å². The van der Waals surface area contributed by atoms with Gasteiger partial charge < -0.3 is 9.47 Å². The molecule has 1 aromatic rings. The van der Waals surface area contributed by atoms with Crippen LogP contribution < -0.4 is 0 Å². The lowest BCUT2D eigenvalue weighted by Crippen LogP contribution is -2.23. The number of ether oxygens (including phenoxy) is 2. The molecule has 1 heterocycles. The summed E-state index contributed by atoms with van der Waals surface area (Å²) in [5.41, 5.74) is -1.58. The van der Waals surface area contributed by atoms with Crippen LogP contribution in [0.15, 0.2) is 0 Å². The van der Waals surface area contributed by atoms with Crippen LogP contribution in [0.3, 0.4) is 0 Å². The molecule has 1 fully saturated rings. The van der Waals surface area contributed by atoms with Crippen molar-refractivity contribution >= 4 is 0 Å². The topological polar surface area (TPSA) is 18.5 Å². The van der Waals surface area contributed by atoms with Crippen molar-refractivity contribution in [3.63, 3.8) is 0 Å². The Kier molecular flexibility index (Phi) is 5.21. The molecule has 2 rings (SSSR count). The Morgan fingerprint density at radius 1 is 1.05 bits per heavy atom. The molecule has 1 aliphatic heterocycles. The molecule has 0 radical (unpaired) electrons. The molecule has 0 spiro atoms. The molecule has 6 heteroatoms. The first-order valence-corrected chi connectivity index (χ1v) is 6.56. The van der Waals surface area contributed by atoms with Gasteiger partial charge in [-0.1, -0.05) is 0 Å². The predicted octanol–water partition coefficient (Wildman–Crippen LogP) is 3.46. The van der Waals surface area contributed by atoms with Crippen molar-refractivity contribution in [3.05, 3.63) is 34.4 Å². The zero-order chi connectivity index (χ0) is 15.4. The van der Waals surface area contributed by atoms with Crippen LogP contribution in [0.5, 0.6) is 0 Å². The first-order chi connectivity index (χ1) is 10.1. The average Bonchev–Trinajstić information content (AvgIpc) is 2.51. The molecule has 1 saturated heterocycles. The highest BCUT2D eigenvalue weighted by Gasteiger charge is 2.26. The first kappa shape index (κ1) is 15.8. The summed E-state index contributed by atoms with van der Waals surface area (Å²) in [4.78, 5) is 0. The Labute approximate surface area is 120 Å². The maximum absolute atomic E-state index is 13.8. The molecule has 2 nitrogen and oxygen atoms in total. The largest absolute Gasteiger partial charge is 0.353 e. The first-order valence-electron chi connectivity index (χ1n) is 6.56. The normalized spacial score (nSPS) is 18.5. The molecule has 0 N–H and O–H groups in total. The van der Waals surface area contributed by atoms with E-state index in [1.54, 1.807) is 0 Å². The Morgan fingerprint density at radius 2 is 1.67 bits per heavy atom. The Hall–Kier alpha value is -1.58. The van der Waals surface area contributed by atoms with Crippen LogP contribution in [0, 0.1) is 35.6 Å². The second-order valence-corrected chi connectivity index (χ2v) is 4.70. The summed E-state index contributed by atoms with van der Waals surface area (Å²) in [6, 6.07) is 0. The van der Waals surface area contributed by atoms with E-state index in [2.05, 4.69) is 0 Å². The summed E-state index contributed by atoms with van der Waals surface area (Å²) in [5, 5.41) is 0. The van der Waals surface area contributed by atoms with E-state index >= 15 is 0 Å². The van der Waals surface area contributed by atoms with Gasteiger partial charge in [-0.05, 0) is 19.3 Å². The van der Waals surface area contributed by atoms with Crippen LogP contribution in [0.25, 0.3) is 0 Å². The second kappa shape index (κ2) is 6.92. The standard InChI is InChI=1S/C15H14F4O2/c1-2-5-9-12(16)14(18)10(15(19)13(9)17)8-21-11-6-3-4-7-20-11/h1,11H,3-8H2. The lowest BCUT2D eigenvalue weighted by atomic mass is 10.1. The molecule has 1 aliphatic rings. The van der Waals surface area contributed by atoms with Crippen molar-refractivity contribution in [1.82, 2.24) is 0 Å². The third kappa shape index (κ3) is 3.36. The number of benzene rings is 1. The molecule has 0 saturated carbocycles. The fourth-order valence-electron chi connectivity index (χ4n) is 2.13. The number of hydrogen-bond donors (Lipinski definition) is 0. The molecular formula is C15H14F4O2. The van der Waals surface area contributed by atoms with Crippen LogP contribution in [0.2, 0.25) is 0 Å². The number of terminal acetylenes is 1. The van der Waals surface area contributed by atoms with Crippen molar-refractivity contribution in [2.45, 2.75) is 38.6 Å². The van der Waals surface area contributed by atoms with Gasteiger partial charge in [0.05, 0.1) is 12.2 Å². The minimum Gasteiger partial charge on any atom is -0.353 e. The molecule has 0 amide bonds. The van der Waals surface area contributed by atoms with E-state index < -0.39 is 53.7 Å². The average molecular weight is 302 g/mol. The van der Waals surface area contributed by atoms with Gasteiger partial charge in [0.25, 0.3) is 0 Å². The zero-order valence-corrected chi connectivity index (χ0v) is 11.2. The fourth-order valence-corrected chi connectivity index (χ4v) is 2.13. The van der Waals surface area contributed by atoms with E-state index in [9.17, 15) is 17.6 Å². The van der Waals surface area contributed by atoms with Gasteiger partial charge in [-0.15, -0.1) is 12.3 Å². The summed E-state index contributed by atoms with van der Waals surface area (Å²) in [6.07, 6.45) is 6.09. The second-order valence-electron chi connectivity index (χ2n) is 4.70. The van der Waals surface area contributed by atoms with E-state index in [1.807, 2.05) is 5.92 Å². The van der Waals surface area contributed by atoms with Crippen LogP contribution in [-0.4, -0.2) is 12.9 Å². The van der Waals surface area contributed by atoms with Gasteiger partial charge in [0, 0.05) is 18.6 Å². The van der Waals surface area contributed by atoms with E-state index in [4.69, 9.17) is 15.9 Å². The quantitative estimate of drug-likeness (QED) is 0.482. The van der Waals surface area contributed by atoms with Crippen molar-refractivity contribution in [3.8, 4) is 12.3 Å². The molecule has 1 atom stereocenters. The van der Waals surface area contributed by atoms with Crippen LogP contribution in [0.1, 0.15) is 30.4 Å². The maximum Gasteiger partial charge on any atom is 0.167 e. The highest BCUT2D eigenvalue weighted by molar-refractivity contribution is 5.31. The molecule has 1 aromatic carbocycles. The Balaban J connectivity index is 2.21. The molecular weight excluding hydrogens is 288 g/mol. The Morgan fingerprint density at radius 3 is 2.19 bits per heavy atom. The molecule has 21 heavy (non-hydrogen) atoms. The predicted molar refractivity (Wildman–Crippen MR) is 67.2 cm³/mol. The molecule has 0 aliphatic carbocycles. The lowest BCUT2D eigenvalue weighted by molar-refractivity contribution is -0.169. The minimum atomic E-state index is -1.48. The SMILES string of the molecule is C#CCc1c(F)c(F)c(COC2CCCCO2)c(F)c1F. The smallest absolute Gasteiger partial charge is 0.167 e. The molecule has 1 unspecified atom stereocenters. The van der Waals surface area contributed by atoms with Crippen molar-refractivity contribution in [2.24, 2.45) is 0 Å². The third-order valence-corrected chi connectivity index (χ3v) is 3.28. The summed E-state index contributed by atoms with van der Waals surface area (Å²) in [5.74, 6) is -3.95. The van der Waals surface area contributed by atoms with E-state index in [-0.39, 0.29) is 0 Å². The fraction of sp³-hybridized carbons (Fsp3) is 0.467. The number of hydrogen-bond acceptors (Lipinski definition) is 2. The van der Waals surface area contributed by atoms with Gasteiger partial charge in [0.15, 0.2) is 29.6 Å². The summed E-state index contributed by atoms with van der Waals surface area (Å²) in [6.45, 7) is -0.119.